The normalized spacial score (nSPS) is 10.8. The minimum absolute atomic E-state index is 0.212. The molecule has 0 fully saturated rings. The number of methoxy groups -OCH3 is 4. The molecule has 0 aliphatic carbocycles. The number of nitrogens with one attached hydrogen (secondary N) is 1. The molecular weight excluding hydrogens is 400 g/mol. The first-order valence-electron chi connectivity index (χ1n) is 8.45. The Bertz CT molecular complexity index is 977. The largest absolute Gasteiger partial charge is 0.497 e. The van der Waals surface area contributed by atoms with Crippen molar-refractivity contribution in [3.8, 4) is 23.0 Å². The number of carbonyl (C=O) groups is 1. The molecule has 0 saturated carbocycles. The molecule has 0 radical (unpaired) electrons. The number of anilines is 2. The Kier molecular flexibility index (Phi) is 7.16. The van der Waals surface area contributed by atoms with E-state index in [1.165, 1.54) is 40.6 Å². The van der Waals surface area contributed by atoms with Crippen LogP contribution in [0.4, 0.5) is 11.4 Å². The lowest BCUT2D eigenvalue weighted by molar-refractivity contribution is -0.114. The Hall–Kier alpha value is -3.14. The van der Waals surface area contributed by atoms with Crippen molar-refractivity contribution < 1.29 is 32.2 Å². The van der Waals surface area contributed by atoms with Crippen molar-refractivity contribution in [3.63, 3.8) is 0 Å². The minimum atomic E-state index is -3.79. The molecule has 2 aromatic rings. The number of sulfonamides is 1. The Morgan fingerprint density at radius 3 is 2.03 bits per heavy atom. The summed E-state index contributed by atoms with van der Waals surface area (Å²) in [5.74, 6) is 1.09. The highest BCUT2D eigenvalue weighted by Gasteiger charge is 2.25. The van der Waals surface area contributed by atoms with Gasteiger partial charge >= 0.3 is 0 Å². The quantitative estimate of drug-likeness (QED) is 0.658. The number of carbonyl (C=O) groups excluding carboxylic acids is 1. The third kappa shape index (κ3) is 5.44. The predicted molar refractivity (Wildman–Crippen MR) is 110 cm³/mol. The van der Waals surface area contributed by atoms with Crippen LogP contribution in [0.1, 0.15) is 0 Å². The first kappa shape index (κ1) is 22.2. The van der Waals surface area contributed by atoms with Crippen molar-refractivity contribution in [1.82, 2.24) is 0 Å². The number of hydrogen-bond donors (Lipinski definition) is 1. The molecule has 0 bridgehead atoms. The Balaban J connectivity index is 2.34. The van der Waals surface area contributed by atoms with Gasteiger partial charge in [-0.05, 0) is 24.3 Å². The van der Waals surface area contributed by atoms with Crippen molar-refractivity contribution in [1.29, 1.82) is 0 Å². The van der Waals surface area contributed by atoms with Crippen molar-refractivity contribution in [3.05, 3.63) is 36.4 Å². The van der Waals surface area contributed by atoms with Crippen LogP contribution >= 0.6 is 0 Å². The van der Waals surface area contributed by atoms with E-state index in [2.05, 4.69) is 5.32 Å². The maximum Gasteiger partial charge on any atom is 0.245 e. The summed E-state index contributed by atoms with van der Waals surface area (Å²) in [6, 6.07) is 9.53. The fraction of sp³-hybridized carbons (Fsp3) is 0.316. The van der Waals surface area contributed by atoms with Crippen LogP contribution in [-0.4, -0.2) is 55.6 Å². The highest BCUT2D eigenvalue weighted by atomic mass is 32.2. The van der Waals surface area contributed by atoms with Gasteiger partial charge in [0.15, 0.2) is 0 Å². The topological polar surface area (TPSA) is 103 Å². The highest BCUT2D eigenvalue weighted by Crippen LogP contribution is 2.34. The fourth-order valence-corrected chi connectivity index (χ4v) is 3.46. The molecule has 0 spiro atoms. The number of nitrogens with zero attached hydrogens (tertiary/aromatic N) is 1. The van der Waals surface area contributed by atoms with Gasteiger partial charge in [0.1, 0.15) is 29.5 Å². The number of amides is 1. The average molecular weight is 424 g/mol. The van der Waals surface area contributed by atoms with Gasteiger partial charge in [-0.2, -0.15) is 0 Å². The van der Waals surface area contributed by atoms with Gasteiger partial charge in [0.2, 0.25) is 15.9 Å². The SMILES string of the molecule is COc1ccc(OC)c(NC(=O)CN(c2ccc(OC)cc2OC)S(C)(=O)=O)c1. The van der Waals surface area contributed by atoms with Crippen molar-refractivity contribution in [2.24, 2.45) is 0 Å². The predicted octanol–water partition coefficient (Wildman–Crippen LogP) is 2.13. The van der Waals surface area contributed by atoms with E-state index in [-0.39, 0.29) is 11.4 Å². The summed E-state index contributed by atoms with van der Waals surface area (Å²) >= 11 is 0. The van der Waals surface area contributed by atoms with E-state index in [1.807, 2.05) is 0 Å². The fourth-order valence-electron chi connectivity index (χ4n) is 2.60. The number of hydrogen-bond acceptors (Lipinski definition) is 7. The molecule has 0 aromatic heterocycles. The van der Waals surface area contributed by atoms with Gasteiger partial charge in [-0.25, -0.2) is 8.42 Å². The lowest BCUT2D eigenvalue weighted by atomic mass is 10.2. The highest BCUT2D eigenvalue weighted by molar-refractivity contribution is 7.92. The van der Waals surface area contributed by atoms with Crippen molar-refractivity contribution in [2.45, 2.75) is 0 Å². The second-order valence-corrected chi connectivity index (χ2v) is 7.83. The lowest BCUT2D eigenvalue weighted by Gasteiger charge is -2.24. The summed E-state index contributed by atoms with van der Waals surface area (Å²) in [5.41, 5.74) is 0.565. The molecule has 0 heterocycles. The Morgan fingerprint density at radius 1 is 0.897 bits per heavy atom. The summed E-state index contributed by atoms with van der Waals surface area (Å²) in [6.45, 7) is -0.470. The monoisotopic (exact) mass is 424 g/mol. The molecule has 0 aliphatic heterocycles. The molecule has 29 heavy (non-hydrogen) atoms. The summed E-state index contributed by atoms with van der Waals surface area (Å²) in [7, 11) is 2.05. The standard InChI is InChI=1S/C19H24N2O7S/c1-25-13-7-9-17(27-3)15(10-13)20-19(22)12-21(29(5,23)24)16-8-6-14(26-2)11-18(16)28-4/h6-11H,12H2,1-5H3,(H,20,22). The first-order valence-corrected chi connectivity index (χ1v) is 10.3. The van der Waals surface area contributed by atoms with Crippen LogP contribution in [0, 0.1) is 0 Å². The van der Waals surface area contributed by atoms with Gasteiger partial charge in [-0.1, -0.05) is 0 Å². The van der Waals surface area contributed by atoms with E-state index in [0.29, 0.717) is 22.9 Å². The Labute approximate surface area is 170 Å². The summed E-state index contributed by atoms with van der Waals surface area (Å²) in [5, 5.41) is 2.65. The molecule has 2 rings (SSSR count). The third-order valence-corrected chi connectivity index (χ3v) is 5.15. The average Bonchev–Trinajstić information content (AvgIpc) is 2.70. The van der Waals surface area contributed by atoms with Crippen LogP contribution in [0.15, 0.2) is 36.4 Å². The maximum absolute atomic E-state index is 12.7. The van der Waals surface area contributed by atoms with Crippen molar-refractivity contribution in [2.75, 3.05) is 50.9 Å². The van der Waals surface area contributed by atoms with Gasteiger partial charge in [0, 0.05) is 12.1 Å². The molecule has 0 saturated heterocycles. The second-order valence-electron chi connectivity index (χ2n) is 5.92. The number of rotatable bonds is 9. The molecule has 1 amide bonds. The molecule has 158 valence electrons. The second kappa shape index (κ2) is 9.37. The molecule has 9 nitrogen and oxygen atoms in total. The van der Waals surface area contributed by atoms with Crippen molar-refractivity contribution >= 4 is 27.3 Å². The van der Waals surface area contributed by atoms with Crippen LogP contribution in [0.5, 0.6) is 23.0 Å². The van der Waals surface area contributed by atoms with E-state index < -0.39 is 22.5 Å². The molecule has 2 aromatic carbocycles. The van der Waals surface area contributed by atoms with Crippen LogP contribution in [0.2, 0.25) is 0 Å². The molecular formula is C19H24N2O7S. The van der Waals surface area contributed by atoms with E-state index in [9.17, 15) is 13.2 Å². The van der Waals surface area contributed by atoms with E-state index in [1.54, 1.807) is 24.3 Å². The molecule has 1 N–H and O–H groups in total. The minimum Gasteiger partial charge on any atom is -0.497 e. The van der Waals surface area contributed by atoms with Gasteiger partial charge < -0.3 is 24.3 Å². The zero-order valence-electron chi connectivity index (χ0n) is 16.9. The maximum atomic E-state index is 12.7. The molecule has 0 aliphatic rings. The first-order chi connectivity index (χ1) is 13.7. The smallest absolute Gasteiger partial charge is 0.245 e. The number of ether oxygens (including phenoxy) is 4. The zero-order chi connectivity index (χ0) is 21.6. The summed E-state index contributed by atoms with van der Waals surface area (Å²) < 4.78 is 46.5. The zero-order valence-corrected chi connectivity index (χ0v) is 17.7. The third-order valence-electron chi connectivity index (χ3n) is 4.02. The van der Waals surface area contributed by atoms with Crippen LogP contribution in [0.25, 0.3) is 0 Å². The Morgan fingerprint density at radius 2 is 1.48 bits per heavy atom. The number of benzene rings is 2. The molecule has 0 unspecified atom stereocenters. The van der Waals surface area contributed by atoms with Gasteiger partial charge in [0.25, 0.3) is 0 Å². The van der Waals surface area contributed by atoms with Crippen LogP contribution < -0.4 is 28.6 Å². The summed E-state index contributed by atoms with van der Waals surface area (Å²) in [4.78, 5) is 12.7. The van der Waals surface area contributed by atoms with Crippen LogP contribution in [0.3, 0.4) is 0 Å². The lowest BCUT2D eigenvalue weighted by Crippen LogP contribution is -2.37. The van der Waals surface area contributed by atoms with Gasteiger partial charge in [0.05, 0.1) is 46.1 Å². The molecule has 0 atom stereocenters. The van der Waals surface area contributed by atoms with E-state index in [0.717, 1.165) is 10.6 Å². The molecule has 10 heteroatoms. The van der Waals surface area contributed by atoms with Gasteiger partial charge in [-0.3, -0.25) is 9.10 Å². The van der Waals surface area contributed by atoms with Crippen LogP contribution in [-0.2, 0) is 14.8 Å². The summed E-state index contributed by atoms with van der Waals surface area (Å²) in [6.07, 6.45) is 1.01. The van der Waals surface area contributed by atoms with Gasteiger partial charge in [-0.15, -0.1) is 0 Å². The van der Waals surface area contributed by atoms with E-state index >= 15 is 0 Å². The van der Waals surface area contributed by atoms with E-state index in [4.69, 9.17) is 18.9 Å².